The summed E-state index contributed by atoms with van der Waals surface area (Å²) in [6, 6.07) is 4.91. The number of aryl methyl sites for hydroxylation is 2. The van der Waals surface area contributed by atoms with Gasteiger partial charge in [-0.05, 0) is 43.0 Å². The lowest BCUT2D eigenvalue weighted by molar-refractivity contribution is 0.597. The summed E-state index contributed by atoms with van der Waals surface area (Å²) in [5.74, 6) is 0. The molecule has 77 valence electrons. The normalized spacial score (nSPS) is 11.6. The predicted octanol–water partition coefficient (Wildman–Crippen LogP) is 1.41. The van der Waals surface area contributed by atoms with Crippen LogP contribution in [0.2, 0.25) is 0 Å². The van der Waals surface area contributed by atoms with Crippen LogP contribution < -0.4 is 5.14 Å². The van der Waals surface area contributed by atoms with Gasteiger partial charge < -0.3 is 0 Å². The van der Waals surface area contributed by atoms with E-state index in [9.17, 15) is 8.42 Å². The summed E-state index contributed by atoms with van der Waals surface area (Å²) in [5.41, 5.74) is 2.06. The molecule has 4 heteroatoms. The predicted molar refractivity (Wildman–Crippen MR) is 56.2 cm³/mol. The van der Waals surface area contributed by atoms with E-state index in [1.165, 1.54) is 6.07 Å². The van der Waals surface area contributed by atoms with Gasteiger partial charge >= 0.3 is 0 Å². The molecule has 2 N–H and O–H groups in total. The molecule has 0 bridgehead atoms. The number of hydrogen-bond acceptors (Lipinski definition) is 2. The summed E-state index contributed by atoms with van der Waals surface area (Å²) < 4.78 is 22.1. The van der Waals surface area contributed by atoms with Crippen LogP contribution in [0.4, 0.5) is 0 Å². The van der Waals surface area contributed by atoms with Crippen molar-refractivity contribution in [1.82, 2.24) is 0 Å². The maximum atomic E-state index is 11.1. The number of primary sulfonamides is 1. The molecule has 0 amide bonds. The molecule has 0 spiro atoms. The Hall–Kier alpha value is -0.870. The lowest BCUT2D eigenvalue weighted by atomic mass is 10.0. The van der Waals surface area contributed by atoms with E-state index in [1.54, 1.807) is 12.1 Å². The topological polar surface area (TPSA) is 60.2 Å². The van der Waals surface area contributed by atoms with Crippen molar-refractivity contribution < 1.29 is 8.42 Å². The molecule has 3 nitrogen and oxygen atoms in total. The van der Waals surface area contributed by atoms with Gasteiger partial charge in [0.25, 0.3) is 0 Å². The van der Waals surface area contributed by atoms with Crippen molar-refractivity contribution in [2.45, 2.75) is 24.7 Å². The van der Waals surface area contributed by atoms with Crippen LogP contribution >= 0.6 is 0 Å². The summed E-state index contributed by atoms with van der Waals surface area (Å²) in [6.07, 6.45) is 1.52. The minimum absolute atomic E-state index is 0.173. The van der Waals surface area contributed by atoms with E-state index in [2.05, 4.69) is 6.92 Å². The molecule has 1 rings (SSSR count). The van der Waals surface area contributed by atoms with Crippen molar-refractivity contribution in [1.29, 1.82) is 0 Å². The van der Waals surface area contributed by atoms with E-state index in [0.29, 0.717) is 0 Å². The molecule has 0 atom stereocenters. The SMILES string of the molecule is [CH2]CCc1cc(S(N)(=O)=O)ccc1C. The van der Waals surface area contributed by atoms with E-state index in [0.717, 1.165) is 24.0 Å². The van der Waals surface area contributed by atoms with Gasteiger partial charge in [-0.3, -0.25) is 0 Å². The van der Waals surface area contributed by atoms with Crippen LogP contribution in [-0.2, 0) is 16.4 Å². The van der Waals surface area contributed by atoms with Gasteiger partial charge in [0.15, 0.2) is 0 Å². The first-order valence-electron chi connectivity index (χ1n) is 4.36. The van der Waals surface area contributed by atoms with Crippen LogP contribution in [-0.4, -0.2) is 8.42 Å². The Morgan fingerprint density at radius 1 is 1.43 bits per heavy atom. The Bertz CT molecular complexity index is 424. The first kappa shape index (κ1) is 11.2. The van der Waals surface area contributed by atoms with Crippen LogP contribution in [0.3, 0.4) is 0 Å². The van der Waals surface area contributed by atoms with Crippen molar-refractivity contribution in [2.24, 2.45) is 5.14 Å². The molecule has 0 saturated heterocycles. The fourth-order valence-corrected chi connectivity index (χ4v) is 1.85. The quantitative estimate of drug-likeness (QED) is 0.823. The maximum Gasteiger partial charge on any atom is 0.238 e. The van der Waals surface area contributed by atoms with Gasteiger partial charge in [0.05, 0.1) is 4.90 Å². The Morgan fingerprint density at radius 3 is 2.57 bits per heavy atom. The molecule has 0 fully saturated rings. The zero-order valence-electron chi connectivity index (χ0n) is 8.16. The number of sulfonamides is 1. The van der Waals surface area contributed by atoms with E-state index in [4.69, 9.17) is 5.14 Å². The van der Waals surface area contributed by atoms with Crippen LogP contribution in [0.25, 0.3) is 0 Å². The lowest BCUT2D eigenvalue weighted by Crippen LogP contribution is -2.12. The highest BCUT2D eigenvalue weighted by molar-refractivity contribution is 7.89. The minimum atomic E-state index is -3.58. The monoisotopic (exact) mass is 212 g/mol. The van der Waals surface area contributed by atoms with Crippen molar-refractivity contribution in [2.75, 3.05) is 0 Å². The largest absolute Gasteiger partial charge is 0.238 e. The highest BCUT2D eigenvalue weighted by Gasteiger charge is 2.09. The van der Waals surface area contributed by atoms with Crippen molar-refractivity contribution in [3.8, 4) is 0 Å². The minimum Gasteiger partial charge on any atom is -0.225 e. The van der Waals surface area contributed by atoms with E-state index >= 15 is 0 Å². The van der Waals surface area contributed by atoms with Gasteiger partial charge in [0.1, 0.15) is 0 Å². The van der Waals surface area contributed by atoms with Gasteiger partial charge in [-0.25, -0.2) is 13.6 Å². The van der Waals surface area contributed by atoms with E-state index < -0.39 is 10.0 Å². The fourth-order valence-electron chi connectivity index (χ4n) is 1.28. The smallest absolute Gasteiger partial charge is 0.225 e. The number of hydrogen-bond donors (Lipinski definition) is 1. The van der Waals surface area contributed by atoms with E-state index in [1.807, 2.05) is 6.92 Å². The Kier molecular flexibility index (Phi) is 3.29. The molecular weight excluding hydrogens is 198 g/mol. The van der Waals surface area contributed by atoms with Crippen molar-refractivity contribution in [3.05, 3.63) is 36.2 Å². The summed E-state index contributed by atoms with van der Waals surface area (Å²) in [5, 5.41) is 5.03. The van der Waals surface area contributed by atoms with Crippen molar-refractivity contribution in [3.63, 3.8) is 0 Å². The highest BCUT2D eigenvalue weighted by Crippen LogP contribution is 2.15. The number of nitrogens with two attached hydrogens (primary N) is 1. The third kappa shape index (κ3) is 2.56. The average molecular weight is 212 g/mol. The molecule has 0 unspecified atom stereocenters. The van der Waals surface area contributed by atoms with Gasteiger partial charge in [-0.1, -0.05) is 13.0 Å². The van der Waals surface area contributed by atoms with Crippen LogP contribution in [0.15, 0.2) is 23.1 Å². The first-order chi connectivity index (χ1) is 6.45. The van der Waals surface area contributed by atoms with Crippen LogP contribution in [0, 0.1) is 13.8 Å². The van der Waals surface area contributed by atoms with Gasteiger partial charge in [-0.15, -0.1) is 0 Å². The summed E-state index contributed by atoms with van der Waals surface area (Å²) >= 11 is 0. The zero-order valence-corrected chi connectivity index (χ0v) is 8.97. The summed E-state index contributed by atoms with van der Waals surface area (Å²) in [7, 11) is -3.58. The molecule has 0 aliphatic heterocycles. The summed E-state index contributed by atoms with van der Waals surface area (Å²) in [6.45, 7) is 5.68. The van der Waals surface area contributed by atoms with Crippen molar-refractivity contribution >= 4 is 10.0 Å². The second-order valence-corrected chi connectivity index (χ2v) is 4.80. The molecule has 1 aromatic rings. The number of rotatable bonds is 3. The molecule has 0 aromatic heterocycles. The Morgan fingerprint density at radius 2 is 2.07 bits per heavy atom. The third-order valence-electron chi connectivity index (χ3n) is 2.10. The molecular formula is C10H14NO2S. The van der Waals surface area contributed by atoms with E-state index in [-0.39, 0.29) is 4.90 Å². The molecule has 0 aliphatic rings. The third-order valence-corrected chi connectivity index (χ3v) is 3.01. The molecule has 0 aliphatic carbocycles. The van der Waals surface area contributed by atoms with Gasteiger partial charge in [0, 0.05) is 0 Å². The molecule has 0 saturated carbocycles. The molecule has 14 heavy (non-hydrogen) atoms. The van der Waals surface area contributed by atoms with Crippen LogP contribution in [0.1, 0.15) is 17.5 Å². The molecule has 0 heterocycles. The number of benzene rings is 1. The zero-order chi connectivity index (χ0) is 10.8. The standard InChI is InChI=1S/C10H14NO2S/c1-3-4-9-7-10(14(11,12)13)6-5-8(9)2/h5-7H,1,3-4H2,2H3,(H2,11,12,13). The Labute approximate surface area is 85.0 Å². The molecule has 1 aromatic carbocycles. The Balaban J connectivity index is 3.20. The van der Waals surface area contributed by atoms with Crippen LogP contribution in [0.5, 0.6) is 0 Å². The second-order valence-electron chi connectivity index (χ2n) is 3.24. The second kappa shape index (κ2) is 4.11. The van der Waals surface area contributed by atoms with Gasteiger partial charge in [0.2, 0.25) is 10.0 Å². The average Bonchev–Trinajstić information content (AvgIpc) is 2.07. The highest BCUT2D eigenvalue weighted by atomic mass is 32.2. The summed E-state index contributed by atoms with van der Waals surface area (Å²) in [4.78, 5) is 0.173. The van der Waals surface area contributed by atoms with Gasteiger partial charge in [-0.2, -0.15) is 0 Å². The lowest BCUT2D eigenvalue weighted by Gasteiger charge is -2.06. The maximum absolute atomic E-state index is 11.1. The molecule has 1 radical (unpaired) electrons. The first-order valence-corrected chi connectivity index (χ1v) is 5.91. The fraction of sp³-hybridized carbons (Fsp3) is 0.300.